The van der Waals surface area contributed by atoms with Crippen molar-refractivity contribution < 1.29 is 18.6 Å². The minimum Gasteiger partial charge on any atom is -0.493 e. The van der Waals surface area contributed by atoms with Gasteiger partial charge in [-0.15, -0.1) is 0 Å². The van der Waals surface area contributed by atoms with Crippen LogP contribution in [0.1, 0.15) is 12.8 Å². The summed E-state index contributed by atoms with van der Waals surface area (Å²) in [4.78, 5) is 18.6. The van der Waals surface area contributed by atoms with Gasteiger partial charge in [0.1, 0.15) is 17.7 Å². The standard InChI is InChI=1S/C25H31N7O4/c1-30-9-6-16(7-10-30)31(2)25-27-18-8-11-36-22(18)24(29-25)28-21-14-32(15-26-21)17-12-19(33-3)23(35-5)20(13-17)34-4/h8,11-16H,6-7,9-10H2,1-5H3,(H,27,28,29). The summed E-state index contributed by atoms with van der Waals surface area (Å²) in [6.45, 7) is 2.12. The highest BCUT2D eigenvalue weighted by atomic mass is 16.5. The molecule has 0 radical (unpaired) electrons. The van der Waals surface area contributed by atoms with Crippen LogP contribution in [0.2, 0.25) is 0 Å². The number of anilines is 3. The van der Waals surface area contributed by atoms with Crippen LogP contribution >= 0.6 is 0 Å². The highest BCUT2D eigenvalue weighted by Gasteiger charge is 2.24. The summed E-state index contributed by atoms with van der Waals surface area (Å²) in [5.74, 6) is 3.48. The molecule has 1 aliphatic rings. The molecule has 1 aliphatic heterocycles. The van der Waals surface area contributed by atoms with Crippen molar-refractivity contribution in [3.05, 3.63) is 37.0 Å². The first-order valence-corrected chi connectivity index (χ1v) is 11.8. The van der Waals surface area contributed by atoms with Crippen molar-refractivity contribution in [1.29, 1.82) is 0 Å². The maximum absolute atomic E-state index is 5.70. The Hall–Kier alpha value is -3.99. The Labute approximate surface area is 209 Å². The molecule has 3 aromatic heterocycles. The zero-order valence-corrected chi connectivity index (χ0v) is 21.2. The van der Waals surface area contributed by atoms with Gasteiger partial charge in [-0.05, 0) is 33.0 Å². The van der Waals surface area contributed by atoms with Crippen molar-refractivity contribution in [3.63, 3.8) is 0 Å². The zero-order chi connectivity index (χ0) is 25.2. The van der Waals surface area contributed by atoms with E-state index in [0.29, 0.717) is 46.5 Å². The van der Waals surface area contributed by atoms with E-state index < -0.39 is 0 Å². The second kappa shape index (κ2) is 9.94. The van der Waals surface area contributed by atoms with Gasteiger partial charge >= 0.3 is 0 Å². The summed E-state index contributed by atoms with van der Waals surface area (Å²) in [7, 11) is 8.97. The summed E-state index contributed by atoms with van der Waals surface area (Å²) < 4.78 is 24.0. The molecule has 4 aromatic rings. The number of aromatic nitrogens is 4. The highest BCUT2D eigenvalue weighted by molar-refractivity contribution is 5.86. The number of imidazole rings is 1. The smallest absolute Gasteiger partial charge is 0.228 e. The Balaban J connectivity index is 1.43. The summed E-state index contributed by atoms with van der Waals surface area (Å²) in [5, 5.41) is 3.31. The van der Waals surface area contributed by atoms with Crippen molar-refractivity contribution >= 4 is 28.7 Å². The van der Waals surface area contributed by atoms with Crippen LogP contribution in [0.15, 0.2) is 41.4 Å². The number of likely N-dealkylation sites (tertiary alicyclic amines) is 1. The number of benzene rings is 1. The number of methoxy groups -OCH3 is 3. The molecule has 1 aromatic carbocycles. The third kappa shape index (κ3) is 4.49. The largest absolute Gasteiger partial charge is 0.493 e. The minimum absolute atomic E-state index is 0.387. The predicted octanol–water partition coefficient (Wildman–Crippen LogP) is 3.71. The number of nitrogens with zero attached hydrogens (tertiary/aromatic N) is 6. The molecule has 1 fully saturated rings. The topological polar surface area (TPSA) is 103 Å². The first kappa shape index (κ1) is 23.7. The lowest BCUT2D eigenvalue weighted by Gasteiger charge is -2.35. The molecule has 0 atom stereocenters. The van der Waals surface area contributed by atoms with Crippen molar-refractivity contribution in [3.8, 4) is 22.9 Å². The van der Waals surface area contributed by atoms with Crippen LogP contribution in [0.5, 0.6) is 17.2 Å². The van der Waals surface area contributed by atoms with E-state index in [9.17, 15) is 0 Å². The SMILES string of the molecule is COc1cc(-n2cnc(Nc3nc(N(C)C4CCN(C)CC4)nc4ccoc34)c2)cc(OC)c1OC. The summed E-state index contributed by atoms with van der Waals surface area (Å²) in [6, 6.07) is 5.95. The van der Waals surface area contributed by atoms with Crippen LogP contribution in [-0.4, -0.2) is 79.0 Å². The van der Waals surface area contributed by atoms with Crippen LogP contribution < -0.4 is 24.4 Å². The highest BCUT2D eigenvalue weighted by Crippen LogP contribution is 2.39. The molecule has 36 heavy (non-hydrogen) atoms. The molecule has 0 unspecified atom stereocenters. The van der Waals surface area contributed by atoms with Crippen LogP contribution in [0, 0.1) is 0 Å². The molecular formula is C25H31N7O4. The number of fused-ring (bicyclic) bond motifs is 1. The van der Waals surface area contributed by atoms with E-state index in [1.54, 1.807) is 33.9 Å². The Morgan fingerprint density at radius 3 is 2.44 bits per heavy atom. The monoisotopic (exact) mass is 493 g/mol. The first-order chi connectivity index (χ1) is 17.5. The first-order valence-electron chi connectivity index (χ1n) is 11.8. The van der Waals surface area contributed by atoms with Crippen LogP contribution in [0.4, 0.5) is 17.6 Å². The average molecular weight is 494 g/mol. The molecule has 1 N–H and O–H groups in total. The maximum Gasteiger partial charge on any atom is 0.228 e. The molecule has 1 saturated heterocycles. The lowest BCUT2D eigenvalue weighted by Crippen LogP contribution is -2.42. The molecule has 0 amide bonds. The van der Waals surface area contributed by atoms with Gasteiger partial charge in [0.05, 0.1) is 39.5 Å². The Kier molecular flexibility index (Phi) is 6.55. The van der Waals surface area contributed by atoms with Crippen molar-refractivity contribution in [2.24, 2.45) is 0 Å². The van der Waals surface area contributed by atoms with Gasteiger partial charge < -0.3 is 38.3 Å². The molecule has 5 rings (SSSR count). The predicted molar refractivity (Wildman–Crippen MR) is 137 cm³/mol. The second-order valence-corrected chi connectivity index (χ2v) is 8.83. The molecule has 0 saturated carbocycles. The van der Waals surface area contributed by atoms with Crippen LogP contribution in [-0.2, 0) is 0 Å². The van der Waals surface area contributed by atoms with E-state index >= 15 is 0 Å². The molecule has 11 nitrogen and oxygen atoms in total. The van der Waals surface area contributed by atoms with Gasteiger partial charge in [0.2, 0.25) is 11.7 Å². The Morgan fingerprint density at radius 2 is 1.78 bits per heavy atom. The van der Waals surface area contributed by atoms with E-state index in [1.165, 1.54) is 0 Å². The van der Waals surface area contributed by atoms with Crippen LogP contribution in [0.3, 0.4) is 0 Å². The molecule has 0 aliphatic carbocycles. The minimum atomic E-state index is 0.387. The average Bonchev–Trinajstić information content (AvgIpc) is 3.57. The van der Waals surface area contributed by atoms with Crippen molar-refractivity contribution in [2.75, 3.05) is 58.7 Å². The maximum atomic E-state index is 5.70. The number of hydrogen-bond donors (Lipinski definition) is 1. The Morgan fingerprint density at radius 1 is 1.06 bits per heavy atom. The number of ether oxygens (including phenoxy) is 3. The van der Waals surface area contributed by atoms with E-state index in [-0.39, 0.29) is 0 Å². The van der Waals surface area contributed by atoms with E-state index in [2.05, 4.69) is 34.2 Å². The van der Waals surface area contributed by atoms with Crippen molar-refractivity contribution in [1.82, 2.24) is 24.4 Å². The number of rotatable bonds is 8. The van der Waals surface area contributed by atoms with Gasteiger partial charge in [-0.1, -0.05) is 0 Å². The van der Waals surface area contributed by atoms with Crippen molar-refractivity contribution in [2.45, 2.75) is 18.9 Å². The van der Waals surface area contributed by atoms with Gasteiger partial charge in [-0.2, -0.15) is 4.98 Å². The van der Waals surface area contributed by atoms with Gasteiger partial charge in [0.15, 0.2) is 22.9 Å². The summed E-state index contributed by atoms with van der Waals surface area (Å²) in [5.41, 5.74) is 2.13. The lowest BCUT2D eigenvalue weighted by atomic mass is 10.0. The van der Waals surface area contributed by atoms with Gasteiger partial charge in [0, 0.05) is 31.3 Å². The number of furan rings is 1. The fourth-order valence-corrected chi connectivity index (χ4v) is 4.51. The van der Waals surface area contributed by atoms with Gasteiger partial charge in [0.25, 0.3) is 0 Å². The fraction of sp³-hybridized carbons (Fsp3) is 0.400. The summed E-state index contributed by atoms with van der Waals surface area (Å²) >= 11 is 0. The molecule has 0 bridgehead atoms. The van der Waals surface area contributed by atoms with E-state index in [1.807, 2.05) is 29.0 Å². The molecule has 11 heteroatoms. The number of nitrogens with one attached hydrogen (secondary N) is 1. The van der Waals surface area contributed by atoms with Gasteiger partial charge in [-0.25, -0.2) is 9.97 Å². The molecule has 4 heterocycles. The van der Waals surface area contributed by atoms with Crippen LogP contribution in [0.25, 0.3) is 16.8 Å². The molecule has 0 spiro atoms. The molecular weight excluding hydrogens is 462 g/mol. The lowest BCUT2D eigenvalue weighted by molar-refractivity contribution is 0.252. The third-order valence-corrected chi connectivity index (χ3v) is 6.62. The number of hydrogen-bond acceptors (Lipinski definition) is 10. The van der Waals surface area contributed by atoms with E-state index in [4.69, 9.17) is 28.6 Å². The fourth-order valence-electron chi connectivity index (χ4n) is 4.51. The second-order valence-electron chi connectivity index (χ2n) is 8.83. The summed E-state index contributed by atoms with van der Waals surface area (Å²) in [6.07, 6.45) is 7.33. The quantitative estimate of drug-likeness (QED) is 0.391. The number of piperidine rings is 1. The van der Waals surface area contributed by atoms with Gasteiger partial charge in [-0.3, -0.25) is 0 Å². The van der Waals surface area contributed by atoms with E-state index in [0.717, 1.165) is 37.1 Å². The Bertz CT molecular complexity index is 1320. The zero-order valence-electron chi connectivity index (χ0n) is 21.2. The normalized spacial score (nSPS) is 14.7. The molecule has 190 valence electrons. The third-order valence-electron chi connectivity index (χ3n) is 6.62.